The van der Waals surface area contributed by atoms with Gasteiger partial charge in [-0.15, -0.1) is 11.3 Å². The highest BCUT2D eigenvalue weighted by Gasteiger charge is 2.15. The van der Waals surface area contributed by atoms with Crippen molar-refractivity contribution < 1.29 is 0 Å². The zero-order valence-electron chi connectivity index (χ0n) is 9.49. The summed E-state index contributed by atoms with van der Waals surface area (Å²) < 4.78 is 1.34. The summed E-state index contributed by atoms with van der Waals surface area (Å²) in [6.07, 6.45) is 2.53. The maximum Gasteiger partial charge on any atom is 0.0907 e. The van der Waals surface area contributed by atoms with Crippen molar-refractivity contribution in [2.45, 2.75) is 25.7 Å². The Morgan fingerprint density at radius 1 is 1.31 bits per heavy atom. The van der Waals surface area contributed by atoms with Gasteiger partial charge in [0.15, 0.2) is 0 Å². The highest BCUT2D eigenvalue weighted by Crippen LogP contribution is 2.30. The van der Waals surface area contributed by atoms with Crippen molar-refractivity contribution in [1.29, 1.82) is 0 Å². The Kier molecular flexibility index (Phi) is 2.65. The lowest BCUT2D eigenvalue weighted by atomic mass is 9.90. The van der Waals surface area contributed by atoms with Gasteiger partial charge in [0.2, 0.25) is 0 Å². The molecule has 0 amide bonds. The zero-order valence-corrected chi connectivity index (χ0v) is 10.3. The number of thiazole rings is 1. The minimum absolute atomic E-state index is 0.744. The summed E-state index contributed by atoms with van der Waals surface area (Å²) in [5.41, 5.74) is 2.65. The average Bonchev–Trinajstić information content (AvgIpc) is 2.69. The third kappa shape index (κ3) is 1.85. The Morgan fingerprint density at radius 2 is 2.12 bits per heavy atom. The molecule has 0 bridgehead atoms. The molecule has 3 rings (SSSR count). The van der Waals surface area contributed by atoms with E-state index in [4.69, 9.17) is 0 Å². The van der Waals surface area contributed by atoms with Crippen LogP contribution < -0.4 is 5.32 Å². The van der Waals surface area contributed by atoms with Gasteiger partial charge < -0.3 is 5.32 Å². The van der Waals surface area contributed by atoms with Gasteiger partial charge in [0.25, 0.3) is 0 Å². The monoisotopic (exact) mass is 232 g/mol. The lowest BCUT2D eigenvalue weighted by molar-refractivity contribution is 0.461. The molecule has 16 heavy (non-hydrogen) atoms. The van der Waals surface area contributed by atoms with E-state index in [0.29, 0.717) is 0 Å². The van der Waals surface area contributed by atoms with Crippen molar-refractivity contribution in [3.8, 4) is 0 Å². The molecule has 1 aliphatic heterocycles. The van der Waals surface area contributed by atoms with Gasteiger partial charge in [-0.1, -0.05) is 6.07 Å². The minimum atomic E-state index is 0.744. The van der Waals surface area contributed by atoms with Crippen LogP contribution in [0.5, 0.6) is 0 Å². The molecule has 2 nitrogen and oxygen atoms in total. The molecule has 0 radical (unpaired) electrons. The number of piperidine rings is 1. The highest BCUT2D eigenvalue weighted by atomic mass is 32.1. The largest absolute Gasteiger partial charge is 0.317 e. The van der Waals surface area contributed by atoms with Gasteiger partial charge in [0, 0.05) is 0 Å². The van der Waals surface area contributed by atoms with Gasteiger partial charge >= 0.3 is 0 Å². The summed E-state index contributed by atoms with van der Waals surface area (Å²) in [6, 6.07) is 6.78. The van der Waals surface area contributed by atoms with Crippen molar-refractivity contribution in [1.82, 2.24) is 10.3 Å². The second-order valence-electron chi connectivity index (χ2n) is 4.48. The average molecular weight is 232 g/mol. The first kappa shape index (κ1) is 10.2. The van der Waals surface area contributed by atoms with Crippen LogP contribution in [-0.2, 0) is 0 Å². The topological polar surface area (TPSA) is 24.9 Å². The fourth-order valence-corrected chi connectivity index (χ4v) is 3.34. The Bertz CT molecular complexity index is 498. The first-order valence-corrected chi connectivity index (χ1v) is 6.72. The van der Waals surface area contributed by atoms with Gasteiger partial charge in [-0.2, -0.15) is 0 Å². The van der Waals surface area contributed by atoms with E-state index in [1.54, 1.807) is 11.3 Å². The standard InChI is InChI=1S/C13H16N2S/c1-9-15-12-3-2-11(8-13(12)16-9)10-4-6-14-7-5-10/h2-3,8,10,14H,4-7H2,1H3. The molecule has 84 valence electrons. The molecule has 0 aliphatic carbocycles. The first-order valence-electron chi connectivity index (χ1n) is 5.91. The second kappa shape index (κ2) is 4.15. The number of nitrogens with zero attached hydrogens (tertiary/aromatic N) is 1. The number of fused-ring (bicyclic) bond motifs is 1. The van der Waals surface area contributed by atoms with Gasteiger partial charge in [-0.25, -0.2) is 4.98 Å². The van der Waals surface area contributed by atoms with Crippen molar-refractivity contribution in [3.05, 3.63) is 28.8 Å². The van der Waals surface area contributed by atoms with Crippen molar-refractivity contribution >= 4 is 21.6 Å². The Morgan fingerprint density at radius 3 is 2.94 bits per heavy atom. The Hall–Kier alpha value is -0.930. The van der Waals surface area contributed by atoms with Crippen LogP contribution in [0, 0.1) is 6.92 Å². The van der Waals surface area contributed by atoms with Crippen molar-refractivity contribution in [3.63, 3.8) is 0 Å². The van der Waals surface area contributed by atoms with Gasteiger partial charge in [-0.3, -0.25) is 0 Å². The third-order valence-electron chi connectivity index (χ3n) is 3.33. The quantitative estimate of drug-likeness (QED) is 0.817. The molecule has 2 aromatic rings. The summed E-state index contributed by atoms with van der Waals surface area (Å²) in [6.45, 7) is 4.39. The van der Waals surface area contributed by atoms with Crippen LogP contribution in [0.4, 0.5) is 0 Å². The predicted octanol–water partition coefficient (Wildman–Crippen LogP) is 3.07. The van der Waals surface area contributed by atoms with E-state index in [1.165, 1.54) is 23.1 Å². The number of nitrogens with one attached hydrogen (secondary N) is 1. The molecular formula is C13H16N2S. The Labute approximate surface area is 99.7 Å². The summed E-state index contributed by atoms with van der Waals surface area (Å²) in [7, 11) is 0. The number of hydrogen-bond donors (Lipinski definition) is 1. The molecule has 0 unspecified atom stereocenters. The van der Waals surface area contributed by atoms with E-state index in [-0.39, 0.29) is 0 Å². The van der Waals surface area contributed by atoms with Crippen LogP contribution >= 0.6 is 11.3 Å². The molecule has 1 fully saturated rings. The van der Waals surface area contributed by atoms with Crippen LogP contribution in [0.3, 0.4) is 0 Å². The van der Waals surface area contributed by atoms with Gasteiger partial charge in [-0.05, 0) is 56.5 Å². The van der Waals surface area contributed by atoms with Gasteiger partial charge in [0.1, 0.15) is 0 Å². The number of benzene rings is 1. The van der Waals surface area contributed by atoms with E-state index in [2.05, 4.69) is 35.4 Å². The lowest BCUT2D eigenvalue weighted by Gasteiger charge is -2.22. The zero-order chi connectivity index (χ0) is 11.0. The molecule has 3 heteroatoms. The number of aromatic nitrogens is 1. The van der Waals surface area contributed by atoms with Crippen LogP contribution in [0.25, 0.3) is 10.2 Å². The van der Waals surface area contributed by atoms with E-state index < -0.39 is 0 Å². The van der Waals surface area contributed by atoms with Crippen LogP contribution in [0.15, 0.2) is 18.2 Å². The summed E-state index contributed by atoms with van der Waals surface area (Å²) in [5, 5.41) is 4.58. The summed E-state index contributed by atoms with van der Waals surface area (Å²) in [5.74, 6) is 0.744. The molecule has 1 saturated heterocycles. The molecule has 2 heterocycles. The number of hydrogen-bond acceptors (Lipinski definition) is 3. The normalized spacial score (nSPS) is 18.1. The molecule has 1 aromatic carbocycles. The fourth-order valence-electron chi connectivity index (χ4n) is 2.47. The molecule has 1 aliphatic rings. The van der Waals surface area contributed by atoms with E-state index in [1.807, 2.05) is 0 Å². The summed E-state index contributed by atoms with van der Waals surface area (Å²) in [4.78, 5) is 4.51. The third-order valence-corrected chi connectivity index (χ3v) is 4.26. The number of aryl methyl sites for hydroxylation is 1. The highest BCUT2D eigenvalue weighted by molar-refractivity contribution is 7.18. The van der Waals surface area contributed by atoms with Crippen LogP contribution in [0.1, 0.15) is 29.3 Å². The van der Waals surface area contributed by atoms with Gasteiger partial charge in [0.05, 0.1) is 15.2 Å². The molecule has 1 aromatic heterocycles. The molecule has 0 spiro atoms. The molecule has 0 atom stereocenters. The fraction of sp³-hybridized carbons (Fsp3) is 0.462. The predicted molar refractivity (Wildman–Crippen MR) is 69.2 cm³/mol. The van der Waals surface area contributed by atoms with E-state index >= 15 is 0 Å². The number of rotatable bonds is 1. The maximum absolute atomic E-state index is 4.51. The van der Waals surface area contributed by atoms with Crippen molar-refractivity contribution in [2.24, 2.45) is 0 Å². The van der Waals surface area contributed by atoms with E-state index in [9.17, 15) is 0 Å². The molecule has 0 saturated carbocycles. The summed E-state index contributed by atoms with van der Waals surface area (Å²) >= 11 is 1.80. The Balaban J connectivity index is 1.97. The molecule has 1 N–H and O–H groups in total. The van der Waals surface area contributed by atoms with Crippen molar-refractivity contribution in [2.75, 3.05) is 13.1 Å². The SMILES string of the molecule is Cc1nc2ccc(C3CCNCC3)cc2s1. The smallest absolute Gasteiger partial charge is 0.0907 e. The van der Waals surface area contributed by atoms with E-state index in [0.717, 1.165) is 29.5 Å². The minimum Gasteiger partial charge on any atom is -0.317 e. The van der Waals surface area contributed by atoms with Crippen LogP contribution in [0.2, 0.25) is 0 Å². The first-order chi connectivity index (χ1) is 7.83. The second-order valence-corrected chi connectivity index (χ2v) is 5.72. The maximum atomic E-state index is 4.51. The lowest BCUT2D eigenvalue weighted by Crippen LogP contribution is -2.26. The van der Waals surface area contributed by atoms with Crippen LogP contribution in [-0.4, -0.2) is 18.1 Å². The molecular weight excluding hydrogens is 216 g/mol.